The van der Waals surface area contributed by atoms with Crippen molar-refractivity contribution >= 4 is 40.7 Å². The van der Waals surface area contributed by atoms with Crippen molar-refractivity contribution < 1.29 is 51.0 Å². The summed E-state index contributed by atoms with van der Waals surface area (Å²) in [6, 6.07) is 3.99. The SMILES string of the molecule is COC(=O)N[C@@H](CC/C=C/C(=O)N(C)C)C(=O)Nc1cccn(Cc2nc3c(Oc4ccc(F)cc4F)c(F)cc(F)c3n2C(=O)OC(C)(C)C)c1=O. The van der Waals surface area contributed by atoms with Gasteiger partial charge < -0.3 is 34.3 Å². The maximum Gasteiger partial charge on any atom is 0.420 e. The lowest BCUT2D eigenvalue weighted by Gasteiger charge is -2.21. The second-order valence-corrected chi connectivity index (χ2v) is 12.6. The van der Waals surface area contributed by atoms with Crippen LogP contribution >= 0.6 is 0 Å². The van der Waals surface area contributed by atoms with E-state index in [1.54, 1.807) is 14.1 Å². The first-order chi connectivity index (χ1) is 24.9. The summed E-state index contributed by atoms with van der Waals surface area (Å²) >= 11 is 0. The third kappa shape index (κ3) is 9.78. The van der Waals surface area contributed by atoms with Crippen molar-refractivity contribution in [3.8, 4) is 11.5 Å². The largest absolute Gasteiger partial charge is 0.453 e. The first-order valence-corrected chi connectivity index (χ1v) is 15.9. The van der Waals surface area contributed by atoms with Gasteiger partial charge in [-0.3, -0.25) is 14.4 Å². The number of rotatable bonds is 11. The molecule has 2 heterocycles. The maximum atomic E-state index is 15.5. The Kier molecular flexibility index (Phi) is 12.3. The van der Waals surface area contributed by atoms with E-state index in [4.69, 9.17) is 9.47 Å². The Balaban J connectivity index is 1.73. The number of likely N-dealkylation sites (N-methyl/N-ethyl adjacent to an activating group) is 1. The normalized spacial score (nSPS) is 12.0. The minimum Gasteiger partial charge on any atom is -0.453 e. The number of anilines is 1. The van der Waals surface area contributed by atoms with Gasteiger partial charge in [-0.05, 0) is 64.0 Å². The number of nitrogens with one attached hydrogen (secondary N) is 2. The smallest absolute Gasteiger partial charge is 0.420 e. The van der Waals surface area contributed by atoms with E-state index < -0.39 is 87.6 Å². The standard InChI is InChI=1S/C35H36F4N6O8/c1-35(2,3)53-34(50)45-26(42-28-29(45)21(38)17-22(39)30(28)52-25-14-13-19(36)16-20(25)37)18-44-15-9-11-24(32(44)48)40-31(47)23(41-33(49)51-6)10-7-8-12-27(46)43(4)5/h8-9,11-17,23H,7,10,18H2,1-6H3,(H,40,47)(H,41,49)/b12-8+/t23-/m0/s1. The Morgan fingerprint density at radius 2 is 1.74 bits per heavy atom. The molecular formula is C35H36F4N6O8. The molecule has 4 aromatic rings. The number of nitrogens with zero attached hydrogens (tertiary/aromatic N) is 4. The summed E-state index contributed by atoms with van der Waals surface area (Å²) in [7, 11) is 4.21. The number of carbonyl (C=O) groups is 4. The Morgan fingerprint density at radius 1 is 1.02 bits per heavy atom. The van der Waals surface area contributed by atoms with E-state index in [-0.39, 0.29) is 30.3 Å². The highest BCUT2D eigenvalue weighted by molar-refractivity contribution is 5.96. The molecule has 3 amide bonds. The number of benzene rings is 2. The number of alkyl carbamates (subject to hydrolysis) is 1. The Bertz CT molecular complexity index is 2140. The highest BCUT2D eigenvalue weighted by Crippen LogP contribution is 2.36. The Morgan fingerprint density at radius 3 is 2.38 bits per heavy atom. The minimum absolute atomic E-state index is 0.00737. The molecule has 0 aliphatic rings. The molecule has 18 heteroatoms. The van der Waals surface area contributed by atoms with Crippen molar-refractivity contribution in [2.75, 3.05) is 26.5 Å². The molecule has 53 heavy (non-hydrogen) atoms. The second-order valence-electron chi connectivity index (χ2n) is 12.6. The molecule has 0 unspecified atom stereocenters. The number of halogens is 4. The molecule has 1 atom stereocenters. The molecule has 4 rings (SSSR count). The van der Waals surface area contributed by atoms with Gasteiger partial charge in [0, 0.05) is 32.4 Å². The number of pyridine rings is 1. The van der Waals surface area contributed by atoms with Crippen LogP contribution < -0.4 is 20.9 Å². The summed E-state index contributed by atoms with van der Waals surface area (Å²) < 4.78 is 75.8. The van der Waals surface area contributed by atoms with Crippen molar-refractivity contribution in [1.82, 2.24) is 24.3 Å². The van der Waals surface area contributed by atoms with Crippen LogP contribution in [0.5, 0.6) is 11.5 Å². The zero-order valence-electron chi connectivity index (χ0n) is 29.5. The summed E-state index contributed by atoms with van der Waals surface area (Å²) in [6.07, 6.45) is 2.15. The van der Waals surface area contributed by atoms with Gasteiger partial charge >= 0.3 is 12.2 Å². The van der Waals surface area contributed by atoms with Crippen molar-refractivity contribution in [2.24, 2.45) is 0 Å². The predicted octanol–water partition coefficient (Wildman–Crippen LogP) is 5.47. The summed E-state index contributed by atoms with van der Waals surface area (Å²) in [6.45, 7) is 4.01. The van der Waals surface area contributed by atoms with Crippen LogP contribution in [0.15, 0.2) is 59.5 Å². The van der Waals surface area contributed by atoms with Crippen molar-refractivity contribution in [2.45, 2.75) is 51.8 Å². The topological polar surface area (TPSA) is 163 Å². The van der Waals surface area contributed by atoms with Gasteiger partial charge in [-0.1, -0.05) is 6.08 Å². The van der Waals surface area contributed by atoms with Crippen LogP contribution in [0.25, 0.3) is 11.0 Å². The molecule has 0 aliphatic heterocycles. The minimum atomic E-state index is -1.34. The quantitative estimate of drug-likeness (QED) is 0.150. The lowest BCUT2D eigenvalue weighted by molar-refractivity contribution is -0.123. The number of aromatic nitrogens is 3. The van der Waals surface area contributed by atoms with Crippen LogP contribution in [0.3, 0.4) is 0 Å². The van der Waals surface area contributed by atoms with Crippen LogP contribution in [0.2, 0.25) is 0 Å². The molecule has 0 bridgehead atoms. The summed E-state index contributed by atoms with van der Waals surface area (Å²) in [4.78, 5) is 69.8. The summed E-state index contributed by atoms with van der Waals surface area (Å²) in [5.41, 5.74) is -3.47. The third-order valence-electron chi connectivity index (χ3n) is 7.25. The number of hydrogen-bond acceptors (Lipinski definition) is 9. The lowest BCUT2D eigenvalue weighted by Crippen LogP contribution is -2.44. The molecule has 14 nitrogen and oxygen atoms in total. The number of carbonyl (C=O) groups excluding carboxylic acids is 4. The number of imidazole rings is 1. The van der Waals surface area contributed by atoms with Gasteiger partial charge in [-0.25, -0.2) is 36.7 Å². The van der Waals surface area contributed by atoms with E-state index in [2.05, 4.69) is 20.4 Å². The monoisotopic (exact) mass is 744 g/mol. The fourth-order valence-corrected chi connectivity index (χ4v) is 4.77. The van der Waals surface area contributed by atoms with Crippen LogP contribution in [0.1, 0.15) is 39.4 Å². The van der Waals surface area contributed by atoms with Crippen molar-refractivity contribution in [3.05, 3.63) is 94.2 Å². The van der Waals surface area contributed by atoms with Gasteiger partial charge in [-0.2, -0.15) is 0 Å². The number of methoxy groups -OCH3 is 1. The number of ether oxygens (including phenoxy) is 3. The number of amides is 3. The average Bonchev–Trinajstić information content (AvgIpc) is 3.45. The van der Waals surface area contributed by atoms with E-state index in [1.807, 2.05) is 0 Å². The fraction of sp³-hybridized carbons (Fsp3) is 0.314. The molecule has 0 saturated carbocycles. The first kappa shape index (κ1) is 39.6. The predicted molar refractivity (Wildman–Crippen MR) is 183 cm³/mol. The summed E-state index contributed by atoms with van der Waals surface area (Å²) in [5, 5.41) is 4.81. The van der Waals surface area contributed by atoms with Crippen molar-refractivity contribution in [3.63, 3.8) is 0 Å². The maximum absolute atomic E-state index is 15.5. The van der Waals surface area contributed by atoms with E-state index in [9.17, 15) is 32.8 Å². The van der Waals surface area contributed by atoms with Crippen LogP contribution in [-0.2, 0) is 25.6 Å². The second kappa shape index (κ2) is 16.4. The molecule has 2 N–H and O–H groups in total. The number of fused-ring (bicyclic) bond motifs is 1. The van der Waals surface area contributed by atoms with Crippen LogP contribution in [-0.4, -0.2) is 75.9 Å². The van der Waals surface area contributed by atoms with E-state index in [0.29, 0.717) is 16.7 Å². The zero-order chi connectivity index (χ0) is 39.2. The van der Waals surface area contributed by atoms with Gasteiger partial charge in [-0.15, -0.1) is 0 Å². The molecule has 0 spiro atoms. The van der Waals surface area contributed by atoms with E-state index in [1.165, 1.54) is 56.2 Å². The Labute approximate surface area is 299 Å². The van der Waals surface area contributed by atoms with E-state index in [0.717, 1.165) is 23.8 Å². The summed E-state index contributed by atoms with van der Waals surface area (Å²) in [5.74, 6) is -7.69. The van der Waals surface area contributed by atoms with Gasteiger partial charge in [0.15, 0.2) is 29.0 Å². The highest BCUT2D eigenvalue weighted by Gasteiger charge is 2.30. The van der Waals surface area contributed by atoms with Gasteiger partial charge in [0.25, 0.3) is 5.56 Å². The molecule has 2 aromatic carbocycles. The van der Waals surface area contributed by atoms with Gasteiger partial charge in [0.05, 0.1) is 13.7 Å². The average molecular weight is 745 g/mol. The fourth-order valence-electron chi connectivity index (χ4n) is 4.77. The Hall–Kier alpha value is -6.20. The molecule has 0 saturated heterocycles. The highest BCUT2D eigenvalue weighted by atomic mass is 19.1. The molecule has 0 aliphatic carbocycles. The van der Waals surface area contributed by atoms with Gasteiger partial charge in [0.1, 0.15) is 40.0 Å². The van der Waals surface area contributed by atoms with Gasteiger partial charge in [0.2, 0.25) is 11.8 Å². The van der Waals surface area contributed by atoms with Crippen LogP contribution in [0, 0.1) is 23.3 Å². The molecular weight excluding hydrogens is 708 g/mol. The lowest BCUT2D eigenvalue weighted by atomic mass is 10.1. The van der Waals surface area contributed by atoms with E-state index >= 15 is 8.78 Å². The molecule has 0 fully saturated rings. The third-order valence-corrected chi connectivity index (χ3v) is 7.25. The van der Waals surface area contributed by atoms with Crippen molar-refractivity contribution in [1.29, 1.82) is 0 Å². The number of allylic oxidation sites excluding steroid dienone is 1. The zero-order valence-corrected chi connectivity index (χ0v) is 29.5. The van der Waals surface area contributed by atoms with Crippen LogP contribution in [0.4, 0.5) is 32.8 Å². The molecule has 2 aromatic heterocycles. The number of hydrogen-bond donors (Lipinski definition) is 2. The first-order valence-electron chi connectivity index (χ1n) is 15.9. The molecule has 0 radical (unpaired) electrons. The molecule has 282 valence electrons.